The predicted octanol–water partition coefficient (Wildman–Crippen LogP) is 4.06. The number of nitrogens with zero attached hydrogens (tertiary/aromatic N) is 4. The largest absolute Gasteiger partial charge is 0.481 e. The third-order valence-corrected chi connectivity index (χ3v) is 6.07. The molecule has 5 rings (SSSR count). The first-order valence-electron chi connectivity index (χ1n) is 10.3. The first-order valence-corrected chi connectivity index (χ1v) is 10.3. The summed E-state index contributed by atoms with van der Waals surface area (Å²) in [7, 11) is 0. The van der Waals surface area contributed by atoms with Crippen LogP contribution in [0.25, 0.3) is 10.9 Å². The zero-order chi connectivity index (χ0) is 22.4. The van der Waals surface area contributed by atoms with Crippen LogP contribution in [0.2, 0.25) is 0 Å². The predicted molar refractivity (Wildman–Crippen MR) is 110 cm³/mol. The summed E-state index contributed by atoms with van der Waals surface area (Å²) in [6, 6.07) is 7.97. The van der Waals surface area contributed by atoms with Crippen molar-refractivity contribution in [3.63, 3.8) is 0 Å². The van der Waals surface area contributed by atoms with Gasteiger partial charge in [0.25, 0.3) is 0 Å². The summed E-state index contributed by atoms with van der Waals surface area (Å²) < 4.78 is 45.7. The van der Waals surface area contributed by atoms with Gasteiger partial charge in [0, 0.05) is 30.1 Å². The van der Waals surface area contributed by atoms with E-state index in [2.05, 4.69) is 10.3 Å². The summed E-state index contributed by atoms with van der Waals surface area (Å²) in [5, 5.41) is 18.1. The van der Waals surface area contributed by atoms with Gasteiger partial charge in [-0.2, -0.15) is 0 Å². The summed E-state index contributed by atoms with van der Waals surface area (Å²) in [5.41, 5.74) is 2.82. The summed E-state index contributed by atoms with van der Waals surface area (Å²) in [6.07, 6.45) is 2.75. The number of para-hydroxylation sites is 1. The summed E-state index contributed by atoms with van der Waals surface area (Å²) >= 11 is 0. The van der Waals surface area contributed by atoms with Gasteiger partial charge in [-0.3, -0.25) is 4.79 Å². The highest BCUT2D eigenvalue weighted by Gasteiger charge is 2.29. The molecule has 1 aliphatic heterocycles. The molecule has 9 heteroatoms. The molecule has 164 valence electrons. The second kappa shape index (κ2) is 7.81. The fraction of sp³-hybridized carbons (Fsp3) is 0.261. The van der Waals surface area contributed by atoms with Crippen molar-refractivity contribution >= 4 is 16.9 Å². The first-order chi connectivity index (χ1) is 15.4. The van der Waals surface area contributed by atoms with Crippen LogP contribution in [-0.4, -0.2) is 30.6 Å². The Balaban J connectivity index is 1.51. The minimum Gasteiger partial charge on any atom is -0.481 e. The normalized spacial score (nSPS) is 15.8. The third kappa shape index (κ3) is 3.43. The molecule has 2 aromatic carbocycles. The number of carbonyl (C=O) groups is 1. The number of halogens is 3. The van der Waals surface area contributed by atoms with Gasteiger partial charge in [-0.15, -0.1) is 5.10 Å². The van der Waals surface area contributed by atoms with Crippen molar-refractivity contribution < 1.29 is 23.1 Å². The molecular weight excluding hydrogens is 421 g/mol. The Labute approximate surface area is 180 Å². The Morgan fingerprint density at radius 3 is 2.78 bits per heavy atom. The van der Waals surface area contributed by atoms with E-state index in [4.69, 9.17) is 0 Å². The average molecular weight is 440 g/mol. The van der Waals surface area contributed by atoms with Gasteiger partial charge in [0.2, 0.25) is 0 Å². The van der Waals surface area contributed by atoms with Crippen molar-refractivity contribution in [2.24, 2.45) is 0 Å². The van der Waals surface area contributed by atoms with Crippen LogP contribution < -0.4 is 0 Å². The monoisotopic (exact) mass is 440 g/mol. The molecule has 1 unspecified atom stereocenters. The van der Waals surface area contributed by atoms with Crippen molar-refractivity contribution in [3.05, 3.63) is 82.6 Å². The smallest absolute Gasteiger partial charge is 0.307 e. The molecule has 0 radical (unpaired) electrons. The van der Waals surface area contributed by atoms with Crippen molar-refractivity contribution in [1.82, 2.24) is 19.6 Å². The van der Waals surface area contributed by atoms with Gasteiger partial charge in [0.15, 0.2) is 0 Å². The molecule has 0 saturated heterocycles. The molecule has 2 aromatic heterocycles. The molecule has 0 saturated carbocycles. The second-order valence-corrected chi connectivity index (χ2v) is 8.02. The maximum Gasteiger partial charge on any atom is 0.307 e. The SMILES string of the molecule is O=C(O)Cc1c2n(c3c(F)cccc13)CC(n1nncc1Cc1ccc(F)cc1F)CC2. The van der Waals surface area contributed by atoms with Crippen molar-refractivity contribution in [3.8, 4) is 0 Å². The van der Waals surface area contributed by atoms with Gasteiger partial charge >= 0.3 is 5.97 Å². The standard InChI is InChI=1S/C23H19F3N4O2/c24-14-5-4-13(20(26)9-14)8-16-11-27-28-30(16)15-6-7-21-18(10-22(31)32)17-2-1-3-19(25)23(17)29(21)12-15/h1-5,9,11,15H,6-8,10,12H2,(H,31,32). The highest BCUT2D eigenvalue weighted by atomic mass is 19.1. The number of benzene rings is 2. The molecular formula is C23H19F3N4O2. The maximum absolute atomic E-state index is 14.8. The number of aliphatic carboxylic acids is 1. The molecule has 4 aromatic rings. The van der Waals surface area contributed by atoms with Crippen LogP contribution >= 0.6 is 0 Å². The van der Waals surface area contributed by atoms with Crippen LogP contribution in [-0.2, 0) is 30.6 Å². The number of carboxylic acids is 1. The average Bonchev–Trinajstić information content (AvgIpc) is 3.33. The number of carboxylic acid groups (broad SMARTS) is 1. The number of hydrogen-bond donors (Lipinski definition) is 1. The molecule has 6 nitrogen and oxygen atoms in total. The van der Waals surface area contributed by atoms with E-state index in [1.165, 1.54) is 18.2 Å². The molecule has 1 atom stereocenters. The Morgan fingerprint density at radius 1 is 1.16 bits per heavy atom. The molecule has 0 bridgehead atoms. The molecule has 32 heavy (non-hydrogen) atoms. The lowest BCUT2D eigenvalue weighted by molar-refractivity contribution is -0.136. The minimum atomic E-state index is -0.966. The fourth-order valence-corrected chi connectivity index (χ4v) is 4.69. The second-order valence-electron chi connectivity index (χ2n) is 8.02. The van der Waals surface area contributed by atoms with E-state index in [0.29, 0.717) is 47.1 Å². The van der Waals surface area contributed by atoms with E-state index in [1.54, 1.807) is 23.0 Å². The van der Waals surface area contributed by atoms with Crippen LogP contribution in [0.4, 0.5) is 13.2 Å². The molecule has 0 aliphatic carbocycles. The molecule has 3 heterocycles. The van der Waals surface area contributed by atoms with E-state index in [-0.39, 0.29) is 18.9 Å². The van der Waals surface area contributed by atoms with Crippen molar-refractivity contribution in [2.45, 2.75) is 38.3 Å². The fourth-order valence-electron chi connectivity index (χ4n) is 4.69. The zero-order valence-electron chi connectivity index (χ0n) is 16.9. The highest BCUT2D eigenvalue weighted by Crippen LogP contribution is 2.36. The van der Waals surface area contributed by atoms with Crippen molar-refractivity contribution in [1.29, 1.82) is 0 Å². The number of hydrogen-bond acceptors (Lipinski definition) is 3. The number of fused-ring (bicyclic) bond motifs is 3. The van der Waals surface area contributed by atoms with Gasteiger partial charge in [-0.1, -0.05) is 23.4 Å². The van der Waals surface area contributed by atoms with Gasteiger partial charge in [-0.05, 0) is 36.1 Å². The molecule has 1 N–H and O–H groups in total. The van der Waals surface area contributed by atoms with Crippen LogP contribution in [0, 0.1) is 17.5 Å². The summed E-state index contributed by atoms with van der Waals surface area (Å²) in [6.45, 7) is 0.384. The van der Waals surface area contributed by atoms with Crippen molar-refractivity contribution in [2.75, 3.05) is 0 Å². The molecule has 0 spiro atoms. The lowest BCUT2D eigenvalue weighted by Crippen LogP contribution is -2.26. The first kappa shape index (κ1) is 20.3. The maximum atomic E-state index is 14.8. The zero-order valence-corrected chi connectivity index (χ0v) is 16.9. The van der Waals surface area contributed by atoms with E-state index in [1.807, 2.05) is 4.57 Å². The topological polar surface area (TPSA) is 72.9 Å². The molecule has 0 fully saturated rings. The number of rotatable bonds is 5. The van der Waals surface area contributed by atoms with Crippen LogP contribution in [0.15, 0.2) is 42.6 Å². The quantitative estimate of drug-likeness (QED) is 0.508. The summed E-state index contributed by atoms with van der Waals surface area (Å²) in [4.78, 5) is 11.4. The van der Waals surface area contributed by atoms with E-state index < -0.39 is 23.4 Å². The van der Waals surface area contributed by atoms with E-state index in [0.717, 1.165) is 11.8 Å². The lowest BCUT2D eigenvalue weighted by Gasteiger charge is -2.27. The Bertz CT molecular complexity index is 1340. The van der Waals surface area contributed by atoms with Gasteiger partial charge in [-0.25, -0.2) is 17.9 Å². The van der Waals surface area contributed by atoms with Gasteiger partial charge < -0.3 is 9.67 Å². The minimum absolute atomic E-state index is 0.170. The Kier molecular flexibility index (Phi) is 4.96. The lowest BCUT2D eigenvalue weighted by atomic mass is 10.00. The highest BCUT2D eigenvalue weighted by molar-refractivity contribution is 5.89. The van der Waals surface area contributed by atoms with Crippen LogP contribution in [0.5, 0.6) is 0 Å². The number of aromatic nitrogens is 4. The molecule has 1 aliphatic rings. The van der Waals surface area contributed by atoms with Gasteiger partial charge in [0.05, 0.1) is 29.9 Å². The summed E-state index contributed by atoms with van der Waals surface area (Å²) in [5.74, 6) is -2.66. The van der Waals surface area contributed by atoms with E-state index >= 15 is 0 Å². The van der Waals surface area contributed by atoms with Crippen LogP contribution in [0.3, 0.4) is 0 Å². The Morgan fingerprint density at radius 2 is 2.00 bits per heavy atom. The van der Waals surface area contributed by atoms with Gasteiger partial charge in [0.1, 0.15) is 17.5 Å². The third-order valence-electron chi connectivity index (χ3n) is 6.07. The Hall–Kier alpha value is -3.62. The molecule has 0 amide bonds. The van der Waals surface area contributed by atoms with E-state index in [9.17, 15) is 23.1 Å². The van der Waals surface area contributed by atoms with Crippen LogP contribution in [0.1, 0.15) is 35.0 Å².